The zero-order valence-corrected chi connectivity index (χ0v) is 16.9. The summed E-state index contributed by atoms with van der Waals surface area (Å²) in [4.78, 5) is 40.6. The van der Waals surface area contributed by atoms with Gasteiger partial charge in [0.1, 0.15) is 6.54 Å². The Morgan fingerprint density at radius 1 is 1.21 bits per heavy atom. The fourth-order valence-electron chi connectivity index (χ4n) is 2.76. The minimum absolute atomic E-state index is 0.345. The number of rotatable bonds is 6. The van der Waals surface area contributed by atoms with Gasteiger partial charge in [0, 0.05) is 10.0 Å². The number of hydrogen-bond donors (Lipinski definition) is 1. The van der Waals surface area contributed by atoms with Crippen LogP contribution in [-0.4, -0.2) is 28.0 Å². The Hall–Kier alpha value is -2.90. The maximum Gasteiger partial charge on any atom is 0.326 e. The molecule has 1 heterocycles. The summed E-state index contributed by atoms with van der Waals surface area (Å²) in [6.07, 6.45) is 1.27. The van der Waals surface area contributed by atoms with Gasteiger partial charge < -0.3 is 10.1 Å². The summed E-state index contributed by atoms with van der Waals surface area (Å²) in [5.74, 6) is -1.22. The maximum atomic E-state index is 12.4. The molecule has 0 fully saturated rings. The van der Waals surface area contributed by atoms with Crippen LogP contribution in [0.25, 0.3) is 10.9 Å². The molecule has 1 amide bonds. The van der Waals surface area contributed by atoms with Crippen LogP contribution in [0, 0.1) is 0 Å². The Morgan fingerprint density at radius 3 is 2.72 bits per heavy atom. The number of esters is 1. The number of halogens is 2. The number of carbonyl (C=O) groups excluding carboxylic acids is 2. The van der Waals surface area contributed by atoms with Gasteiger partial charge in [0.05, 0.1) is 23.3 Å². The second kappa shape index (κ2) is 9.07. The van der Waals surface area contributed by atoms with Crippen molar-refractivity contribution in [2.45, 2.75) is 19.5 Å². The van der Waals surface area contributed by atoms with E-state index in [2.05, 4.69) is 10.3 Å². The zero-order valence-electron chi connectivity index (χ0n) is 15.4. The smallest absolute Gasteiger partial charge is 0.326 e. The highest BCUT2D eigenvalue weighted by atomic mass is 35.5. The van der Waals surface area contributed by atoms with Crippen LogP contribution < -0.4 is 10.9 Å². The number of ether oxygens (including phenoxy) is 1. The minimum Gasteiger partial charge on any atom is -0.454 e. The predicted octanol–water partition coefficient (Wildman–Crippen LogP) is 3.12. The van der Waals surface area contributed by atoms with Crippen LogP contribution in [0.5, 0.6) is 0 Å². The molecule has 2 aromatic carbocycles. The molecule has 1 unspecified atom stereocenters. The highest BCUT2D eigenvalue weighted by Crippen LogP contribution is 2.25. The van der Waals surface area contributed by atoms with E-state index >= 15 is 0 Å². The number of carbonyl (C=O) groups is 2. The van der Waals surface area contributed by atoms with Gasteiger partial charge in [-0.1, -0.05) is 41.4 Å². The van der Waals surface area contributed by atoms with Crippen LogP contribution >= 0.6 is 23.2 Å². The van der Waals surface area contributed by atoms with Crippen molar-refractivity contribution in [3.05, 3.63) is 74.8 Å². The Bertz CT molecular complexity index is 1130. The maximum absolute atomic E-state index is 12.4. The molecule has 1 aromatic heterocycles. The fourth-order valence-corrected chi connectivity index (χ4v) is 3.34. The van der Waals surface area contributed by atoms with E-state index in [1.807, 2.05) is 0 Å². The van der Waals surface area contributed by atoms with Crippen LogP contribution in [-0.2, 0) is 20.9 Å². The molecule has 3 rings (SSSR count). The Labute approximate surface area is 176 Å². The van der Waals surface area contributed by atoms with E-state index in [1.54, 1.807) is 49.4 Å². The van der Waals surface area contributed by atoms with E-state index in [1.165, 1.54) is 6.33 Å². The molecule has 0 aliphatic heterocycles. The molecule has 0 aliphatic carbocycles. The third-order valence-corrected chi connectivity index (χ3v) is 4.76. The van der Waals surface area contributed by atoms with E-state index in [-0.39, 0.29) is 12.1 Å². The van der Waals surface area contributed by atoms with Crippen LogP contribution in [0.15, 0.2) is 53.6 Å². The molecule has 0 radical (unpaired) electrons. The predicted molar refractivity (Wildman–Crippen MR) is 110 cm³/mol. The molecule has 29 heavy (non-hydrogen) atoms. The van der Waals surface area contributed by atoms with Crippen molar-refractivity contribution >= 4 is 46.0 Å². The highest BCUT2D eigenvalue weighted by Gasteiger charge is 2.15. The van der Waals surface area contributed by atoms with E-state index in [0.29, 0.717) is 26.5 Å². The van der Waals surface area contributed by atoms with Crippen LogP contribution in [0.4, 0.5) is 0 Å². The van der Waals surface area contributed by atoms with Gasteiger partial charge in [-0.3, -0.25) is 19.0 Å². The molecule has 0 aliphatic rings. The molecule has 1 N–H and O–H groups in total. The third-order valence-electron chi connectivity index (χ3n) is 4.20. The quantitative estimate of drug-likeness (QED) is 0.603. The van der Waals surface area contributed by atoms with Gasteiger partial charge in [-0.15, -0.1) is 0 Å². The zero-order chi connectivity index (χ0) is 21.0. The Morgan fingerprint density at radius 2 is 1.97 bits per heavy atom. The molecule has 0 saturated carbocycles. The van der Waals surface area contributed by atoms with Gasteiger partial charge in [-0.2, -0.15) is 0 Å². The topological polar surface area (TPSA) is 90.3 Å². The lowest BCUT2D eigenvalue weighted by Crippen LogP contribution is -2.32. The number of hydrogen-bond acceptors (Lipinski definition) is 5. The van der Waals surface area contributed by atoms with Gasteiger partial charge in [-0.05, 0) is 36.8 Å². The second-order valence-corrected chi connectivity index (χ2v) is 7.15. The van der Waals surface area contributed by atoms with E-state index in [9.17, 15) is 14.4 Å². The number of aromatic nitrogens is 2. The first-order chi connectivity index (χ1) is 13.8. The normalized spacial score (nSPS) is 11.8. The molecular formula is C20H17Cl2N3O4. The van der Waals surface area contributed by atoms with Crippen molar-refractivity contribution in [2.24, 2.45) is 0 Å². The van der Waals surface area contributed by atoms with Crippen LogP contribution in [0.2, 0.25) is 10.0 Å². The lowest BCUT2D eigenvalue weighted by atomic mass is 10.1. The monoisotopic (exact) mass is 433 g/mol. The summed E-state index contributed by atoms with van der Waals surface area (Å²) < 4.78 is 6.11. The lowest BCUT2D eigenvalue weighted by Gasteiger charge is -2.16. The average molecular weight is 434 g/mol. The van der Waals surface area contributed by atoms with E-state index in [4.69, 9.17) is 27.9 Å². The third kappa shape index (κ3) is 5.13. The largest absolute Gasteiger partial charge is 0.454 e. The number of nitrogens with zero attached hydrogens (tertiary/aromatic N) is 2. The molecule has 3 aromatic rings. The van der Waals surface area contributed by atoms with Gasteiger partial charge in [0.15, 0.2) is 6.61 Å². The van der Waals surface area contributed by atoms with Crippen molar-refractivity contribution in [3.63, 3.8) is 0 Å². The van der Waals surface area contributed by atoms with Crippen LogP contribution in [0.3, 0.4) is 0 Å². The molecule has 9 heteroatoms. The SMILES string of the molecule is CC(NC(=O)COC(=O)Cn1cnc2ccccc2c1=O)c1ccc(Cl)cc1Cl. The standard InChI is InChI=1S/C20H17Cl2N3O4/c1-12(14-7-6-13(21)8-16(14)22)24-18(26)10-29-19(27)9-25-11-23-17-5-3-2-4-15(17)20(25)28/h2-8,11-12H,9-10H2,1H3,(H,24,26). The van der Waals surface area contributed by atoms with Gasteiger partial charge in [-0.25, -0.2) is 4.98 Å². The number of para-hydroxylation sites is 1. The van der Waals surface area contributed by atoms with Gasteiger partial charge in [0.2, 0.25) is 0 Å². The number of amides is 1. The van der Waals surface area contributed by atoms with Gasteiger partial charge >= 0.3 is 5.97 Å². The summed E-state index contributed by atoms with van der Waals surface area (Å²) in [5.41, 5.74) is 0.865. The van der Waals surface area contributed by atoms with E-state index < -0.39 is 24.5 Å². The lowest BCUT2D eigenvalue weighted by molar-refractivity contribution is -0.149. The van der Waals surface area contributed by atoms with E-state index in [0.717, 1.165) is 4.57 Å². The molecule has 0 saturated heterocycles. The first-order valence-electron chi connectivity index (χ1n) is 8.69. The summed E-state index contributed by atoms with van der Waals surface area (Å²) >= 11 is 12.0. The molecule has 7 nitrogen and oxygen atoms in total. The molecule has 0 spiro atoms. The van der Waals surface area contributed by atoms with Crippen molar-refractivity contribution in [2.75, 3.05) is 6.61 Å². The van der Waals surface area contributed by atoms with Crippen molar-refractivity contribution in [1.29, 1.82) is 0 Å². The van der Waals surface area contributed by atoms with Gasteiger partial charge in [0.25, 0.3) is 11.5 Å². The average Bonchev–Trinajstić information content (AvgIpc) is 2.68. The molecule has 1 atom stereocenters. The molecular weight excluding hydrogens is 417 g/mol. The Kier molecular flexibility index (Phi) is 6.51. The van der Waals surface area contributed by atoms with Crippen LogP contribution in [0.1, 0.15) is 18.5 Å². The fraction of sp³-hybridized carbons (Fsp3) is 0.200. The minimum atomic E-state index is -0.725. The Balaban J connectivity index is 1.56. The molecule has 0 bridgehead atoms. The number of benzene rings is 2. The summed E-state index contributed by atoms with van der Waals surface area (Å²) in [5, 5.41) is 4.00. The summed E-state index contributed by atoms with van der Waals surface area (Å²) in [6.45, 7) is 0.918. The van der Waals surface area contributed by atoms with Crippen molar-refractivity contribution in [1.82, 2.24) is 14.9 Å². The first-order valence-corrected chi connectivity index (χ1v) is 9.45. The second-order valence-electron chi connectivity index (χ2n) is 6.31. The number of nitrogens with one attached hydrogen (secondary N) is 1. The number of fused-ring (bicyclic) bond motifs is 1. The highest BCUT2D eigenvalue weighted by molar-refractivity contribution is 6.35. The summed E-state index contributed by atoms with van der Waals surface area (Å²) in [6, 6.07) is 11.4. The first kappa shape index (κ1) is 20.8. The van der Waals surface area contributed by atoms with Crippen molar-refractivity contribution < 1.29 is 14.3 Å². The van der Waals surface area contributed by atoms with Crippen molar-refractivity contribution in [3.8, 4) is 0 Å². The summed E-state index contributed by atoms with van der Waals surface area (Å²) in [7, 11) is 0. The molecule has 150 valence electrons.